The zero-order chi connectivity index (χ0) is 19.3. The standard InChI is InChI=1S/C19H19ClN2O4S/c20-16-4-6-17(7-5-16)26-18-3-1-2-14(10-18)12-21-22-19(23)11-15-8-9-27(24,25)13-15/h1-7,10,12,15H,8-9,11,13H2,(H,22,23)/b21-12-/t15-/m0/s1. The molecule has 0 unspecified atom stereocenters. The topological polar surface area (TPSA) is 84.8 Å². The Morgan fingerprint density at radius 1 is 1.22 bits per heavy atom. The minimum atomic E-state index is -2.98. The molecule has 8 heteroatoms. The SMILES string of the molecule is O=C(C[C@@H]1CCS(=O)(=O)C1)N/N=C\c1cccc(Oc2ccc(Cl)cc2)c1. The van der Waals surface area contributed by atoms with Gasteiger partial charge in [0.25, 0.3) is 0 Å². The lowest BCUT2D eigenvalue weighted by molar-refractivity contribution is -0.121. The van der Waals surface area contributed by atoms with Gasteiger partial charge in [-0.15, -0.1) is 0 Å². The molecular weight excluding hydrogens is 388 g/mol. The monoisotopic (exact) mass is 406 g/mol. The second-order valence-corrected chi connectivity index (χ2v) is 9.06. The quantitative estimate of drug-likeness (QED) is 0.588. The van der Waals surface area contributed by atoms with Crippen LogP contribution < -0.4 is 10.2 Å². The molecule has 1 aliphatic heterocycles. The first-order valence-electron chi connectivity index (χ1n) is 8.45. The molecule has 142 valence electrons. The Kier molecular flexibility index (Phi) is 6.13. The zero-order valence-electron chi connectivity index (χ0n) is 14.5. The maximum atomic E-state index is 11.9. The fourth-order valence-electron chi connectivity index (χ4n) is 2.82. The summed E-state index contributed by atoms with van der Waals surface area (Å²) in [5.74, 6) is 1.11. The first kappa shape index (κ1) is 19.4. The van der Waals surface area contributed by atoms with Crippen LogP contribution in [0.1, 0.15) is 18.4 Å². The van der Waals surface area contributed by atoms with Gasteiger partial charge in [0.1, 0.15) is 11.5 Å². The van der Waals surface area contributed by atoms with E-state index in [1.807, 2.05) is 18.2 Å². The number of hydrogen-bond acceptors (Lipinski definition) is 5. The normalized spacial score (nSPS) is 18.5. The van der Waals surface area contributed by atoms with Gasteiger partial charge in [0.05, 0.1) is 17.7 Å². The van der Waals surface area contributed by atoms with Gasteiger partial charge >= 0.3 is 0 Å². The fraction of sp³-hybridized carbons (Fsp3) is 0.263. The Bertz CT molecular complexity index is 942. The number of benzene rings is 2. The first-order chi connectivity index (χ1) is 12.9. The molecule has 1 atom stereocenters. The van der Waals surface area contributed by atoms with E-state index in [2.05, 4.69) is 10.5 Å². The van der Waals surface area contributed by atoms with Gasteiger partial charge in [-0.25, -0.2) is 13.8 Å². The minimum absolute atomic E-state index is 0.0776. The highest BCUT2D eigenvalue weighted by atomic mass is 35.5. The molecule has 27 heavy (non-hydrogen) atoms. The van der Waals surface area contributed by atoms with Crippen LogP contribution in [0.2, 0.25) is 5.02 Å². The van der Waals surface area contributed by atoms with Gasteiger partial charge in [0.15, 0.2) is 9.84 Å². The van der Waals surface area contributed by atoms with E-state index in [-0.39, 0.29) is 29.8 Å². The average molecular weight is 407 g/mol. The van der Waals surface area contributed by atoms with Crippen molar-refractivity contribution in [1.29, 1.82) is 0 Å². The molecule has 0 aromatic heterocycles. The molecule has 0 radical (unpaired) electrons. The van der Waals surface area contributed by atoms with Crippen LogP contribution in [0.5, 0.6) is 11.5 Å². The Labute approximate surface area is 163 Å². The molecular formula is C19H19ClN2O4S. The summed E-state index contributed by atoms with van der Waals surface area (Å²) in [6, 6.07) is 14.3. The smallest absolute Gasteiger partial charge is 0.240 e. The number of rotatable bonds is 6. The predicted octanol–water partition coefficient (Wildman–Crippen LogP) is 3.41. The number of amides is 1. The van der Waals surface area contributed by atoms with Gasteiger partial charge < -0.3 is 4.74 Å². The molecule has 0 aliphatic carbocycles. The highest BCUT2D eigenvalue weighted by Gasteiger charge is 2.29. The summed E-state index contributed by atoms with van der Waals surface area (Å²) >= 11 is 5.85. The van der Waals surface area contributed by atoms with Crippen molar-refractivity contribution in [1.82, 2.24) is 5.43 Å². The molecule has 1 heterocycles. The van der Waals surface area contributed by atoms with Crippen LogP contribution >= 0.6 is 11.6 Å². The second-order valence-electron chi connectivity index (χ2n) is 6.39. The largest absolute Gasteiger partial charge is 0.457 e. The van der Waals surface area contributed by atoms with Gasteiger partial charge in [0, 0.05) is 11.4 Å². The van der Waals surface area contributed by atoms with E-state index in [0.717, 1.165) is 5.56 Å². The van der Waals surface area contributed by atoms with Crippen LogP contribution in [-0.2, 0) is 14.6 Å². The molecule has 1 saturated heterocycles. The number of sulfone groups is 1. The molecule has 1 amide bonds. The molecule has 1 aliphatic rings. The van der Waals surface area contributed by atoms with Crippen molar-refractivity contribution in [3.8, 4) is 11.5 Å². The number of ether oxygens (including phenoxy) is 1. The van der Waals surface area contributed by atoms with Crippen LogP contribution in [0.3, 0.4) is 0 Å². The van der Waals surface area contributed by atoms with E-state index in [9.17, 15) is 13.2 Å². The fourth-order valence-corrected chi connectivity index (χ4v) is 4.80. The number of carbonyl (C=O) groups excluding carboxylic acids is 1. The van der Waals surface area contributed by atoms with E-state index in [1.165, 1.54) is 6.21 Å². The van der Waals surface area contributed by atoms with Crippen molar-refractivity contribution in [3.63, 3.8) is 0 Å². The predicted molar refractivity (Wildman–Crippen MR) is 105 cm³/mol. The molecule has 2 aromatic rings. The molecule has 2 aromatic carbocycles. The number of carbonyl (C=O) groups is 1. The van der Waals surface area contributed by atoms with Crippen LogP contribution in [0.15, 0.2) is 53.6 Å². The highest BCUT2D eigenvalue weighted by molar-refractivity contribution is 7.91. The molecule has 1 N–H and O–H groups in total. The summed E-state index contributed by atoms with van der Waals surface area (Å²) < 4.78 is 28.6. The third-order valence-electron chi connectivity index (χ3n) is 4.11. The van der Waals surface area contributed by atoms with Crippen molar-refractivity contribution < 1.29 is 17.9 Å². The summed E-state index contributed by atoms with van der Waals surface area (Å²) in [6.07, 6.45) is 2.21. The Morgan fingerprint density at radius 2 is 2.00 bits per heavy atom. The summed E-state index contributed by atoms with van der Waals surface area (Å²) in [7, 11) is -2.98. The maximum absolute atomic E-state index is 11.9. The molecule has 3 rings (SSSR count). The Morgan fingerprint density at radius 3 is 2.70 bits per heavy atom. The van der Waals surface area contributed by atoms with Crippen LogP contribution in [-0.4, -0.2) is 32.0 Å². The van der Waals surface area contributed by atoms with Crippen LogP contribution in [0.25, 0.3) is 0 Å². The van der Waals surface area contributed by atoms with Gasteiger partial charge in [-0.3, -0.25) is 4.79 Å². The Hall–Kier alpha value is -2.38. The van der Waals surface area contributed by atoms with Crippen molar-refractivity contribution in [2.45, 2.75) is 12.8 Å². The molecule has 6 nitrogen and oxygen atoms in total. The van der Waals surface area contributed by atoms with E-state index in [4.69, 9.17) is 16.3 Å². The number of halogens is 1. The van der Waals surface area contributed by atoms with Crippen LogP contribution in [0.4, 0.5) is 0 Å². The second kappa shape index (κ2) is 8.54. The van der Waals surface area contributed by atoms with Crippen molar-refractivity contribution in [2.24, 2.45) is 11.0 Å². The lowest BCUT2D eigenvalue weighted by atomic mass is 10.1. The number of hydrazone groups is 1. The van der Waals surface area contributed by atoms with Gasteiger partial charge in [-0.2, -0.15) is 5.10 Å². The molecule has 0 saturated carbocycles. The molecule has 0 bridgehead atoms. The van der Waals surface area contributed by atoms with E-state index in [0.29, 0.717) is 22.9 Å². The average Bonchev–Trinajstić information content (AvgIpc) is 2.96. The van der Waals surface area contributed by atoms with Gasteiger partial charge in [-0.05, 0) is 54.3 Å². The Balaban J connectivity index is 1.52. The van der Waals surface area contributed by atoms with E-state index in [1.54, 1.807) is 30.3 Å². The third kappa shape index (κ3) is 6.08. The first-order valence-corrected chi connectivity index (χ1v) is 10.7. The van der Waals surface area contributed by atoms with Crippen molar-refractivity contribution >= 4 is 33.6 Å². The van der Waals surface area contributed by atoms with Crippen molar-refractivity contribution in [2.75, 3.05) is 11.5 Å². The van der Waals surface area contributed by atoms with Gasteiger partial charge in [-0.1, -0.05) is 23.7 Å². The number of nitrogens with zero attached hydrogens (tertiary/aromatic N) is 1. The number of nitrogens with one attached hydrogen (secondary N) is 1. The van der Waals surface area contributed by atoms with Crippen molar-refractivity contribution in [3.05, 3.63) is 59.1 Å². The summed E-state index contributed by atoms with van der Waals surface area (Å²) in [6.45, 7) is 0. The third-order valence-corrected chi connectivity index (χ3v) is 6.20. The maximum Gasteiger partial charge on any atom is 0.240 e. The zero-order valence-corrected chi connectivity index (χ0v) is 16.0. The van der Waals surface area contributed by atoms with E-state index < -0.39 is 9.84 Å². The van der Waals surface area contributed by atoms with Gasteiger partial charge in [0.2, 0.25) is 5.91 Å². The molecule has 0 spiro atoms. The lowest BCUT2D eigenvalue weighted by Gasteiger charge is -2.07. The van der Waals surface area contributed by atoms with Crippen LogP contribution in [0, 0.1) is 5.92 Å². The lowest BCUT2D eigenvalue weighted by Crippen LogP contribution is -2.21. The van der Waals surface area contributed by atoms with E-state index >= 15 is 0 Å². The summed E-state index contributed by atoms with van der Waals surface area (Å²) in [5.41, 5.74) is 3.20. The summed E-state index contributed by atoms with van der Waals surface area (Å²) in [4.78, 5) is 11.9. The summed E-state index contributed by atoms with van der Waals surface area (Å²) in [5, 5.41) is 4.57. The minimum Gasteiger partial charge on any atom is -0.457 e. The number of hydrogen-bond donors (Lipinski definition) is 1. The molecule has 1 fully saturated rings. The highest BCUT2D eigenvalue weighted by Crippen LogP contribution is 2.23.